The van der Waals surface area contributed by atoms with Gasteiger partial charge in [0.2, 0.25) is 17.7 Å². The Morgan fingerprint density at radius 3 is 2.40 bits per heavy atom. The lowest BCUT2D eigenvalue weighted by Gasteiger charge is -2.36. The number of fused-ring (bicyclic) bond motifs is 2. The number of nitrogens with one attached hydrogen (secondary N) is 2. The van der Waals surface area contributed by atoms with Gasteiger partial charge in [0.25, 0.3) is 0 Å². The van der Waals surface area contributed by atoms with Gasteiger partial charge >= 0.3 is 0 Å². The molecule has 224 valence electrons. The smallest absolute Gasteiger partial charge is 0.246 e. The molecule has 1 aliphatic carbocycles. The largest absolute Gasteiger partial charge is 0.342 e. The summed E-state index contributed by atoms with van der Waals surface area (Å²) in [7, 11) is 0. The van der Waals surface area contributed by atoms with Gasteiger partial charge in [-0.2, -0.15) is 0 Å². The second-order valence-electron chi connectivity index (χ2n) is 12.2. The zero-order chi connectivity index (χ0) is 30.6. The predicted molar refractivity (Wildman–Crippen MR) is 167 cm³/mol. The normalized spacial score (nSPS) is 17.4. The van der Waals surface area contributed by atoms with Crippen LogP contribution in [0.4, 0.5) is 5.69 Å². The summed E-state index contributed by atoms with van der Waals surface area (Å²) < 4.78 is 0. The number of carbonyl (C=O) groups is 4. The van der Waals surface area contributed by atoms with Crippen LogP contribution in [0.1, 0.15) is 72.1 Å². The van der Waals surface area contributed by atoms with Crippen LogP contribution in [0, 0.1) is 0 Å². The van der Waals surface area contributed by atoms with Crippen molar-refractivity contribution in [1.29, 1.82) is 0 Å². The molecule has 0 saturated carbocycles. The number of nitrogens with two attached hydrogens (primary N) is 1. The van der Waals surface area contributed by atoms with Crippen molar-refractivity contribution in [2.45, 2.75) is 76.4 Å². The summed E-state index contributed by atoms with van der Waals surface area (Å²) in [5.74, 6) is -1.16. The van der Waals surface area contributed by atoms with E-state index in [9.17, 15) is 19.2 Å². The molecule has 0 fully saturated rings. The van der Waals surface area contributed by atoms with Gasteiger partial charge in [-0.1, -0.05) is 74.5 Å². The monoisotopic (exact) mass is 580 g/mol. The van der Waals surface area contributed by atoms with Crippen LogP contribution in [-0.2, 0) is 39.2 Å². The Morgan fingerprint density at radius 2 is 1.65 bits per heavy atom. The number of nitrogens with zero attached hydrogens (tertiary/aromatic N) is 1. The summed E-state index contributed by atoms with van der Waals surface area (Å²) >= 11 is 0. The molecule has 0 unspecified atom stereocenters. The quantitative estimate of drug-likeness (QED) is 0.309. The van der Waals surface area contributed by atoms with Crippen molar-refractivity contribution < 1.29 is 19.2 Å². The highest BCUT2D eigenvalue weighted by Gasteiger charge is 2.36. The molecule has 3 aromatic carbocycles. The molecule has 1 heterocycles. The second-order valence-corrected chi connectivity index (χ2v) is 12.2. The van der Waals surface area contributed by atoms with Gasteiger partial charge in [-0.15, -0.1) is 0 Å². The van der Waals surface area contributed by atoms with Crippen LogP contribution in [0.2, 0.25) is 0 Å². The second kappa shape index (κ2) is 12.9. The van der Waals surface area contributed by atoms with Crippen LogP contribution in [0.5, 0.6) is 0 Å². The number of hydrogen-bond donors (Lipinski definition) is 3. The summed E-state index contributed by atoms with van der Waals surface area (Å²) in [6.45, 7) is 4.91. The number of benzene rings is 3. The molecule has 2 atom stereocenters. The Balaban J connectivity index is 1.29. The SMILES string of the molecule is CC1(C)CCc2cc(NC(=O)[C@H](CCN)NC(=O)[C@@H]3Cc4ccccc4CN3C(=O)CCC(=O)c3ccccc3)ccc21. The zero-order valence-corrected chi connectivity index (χ0v) is 24.9. The summed E-state index contributed by atoms with van der Waals surface area (Å²) in [6.07, 6.45) is 2.62. The van der Waals surface area contributed by atoms with Crippen LogP contribution in [0.15, 0.2) is 72.8 Å². The molecule has 2 aliphatic rings. The molecule has 0 bridgehead atoms. The number of Topliss-reactive ketones (excluding diaryl/α,β-unsaturated/α-hetero) is 1. The minimum Gasteiger partial charge on any atom is -0.342 e. The van der Waals surface area contributed by atoms with E-state index in [0.717, 1.165) is 24.0 Å². The van der Waals surface area contributed by atoms with E-state index in [1.165, 1.54) is 16.0 Å². The van der Waals surface area contributed by atoms with Gasteiger partial charge in [-0.3, -0.25) is 19.2 Å². The number of rotatable bonds is 10. The minimum atomic E-state index is -0.865. The molecule has 0 aromatic heterocycles. The number of anilines is 1. The molecule has 5 rings (SSSR count). The van der Waals surface area contributed by atoms with Crippen LogP contribution in [0.3, 0.4) is 0 Å². The van der Waals surface area contributed by atoms with E-state index in [2.05, 4.69) is 30.5 Å². The van der Waals surface area contributed by atoms with Gasteiger partial charge < -0.3 is 21.3 Å². The Kier molecular flexibility index (Phi) is 9.06. The Labute approximate surface area is 253 Å². The first kappa shape index (κ1) is 30.2. The van der Waals surface area contributed by atoms with Crippen LogP contribution in [0.25, 0.3) is 0 Å². The van der Waals surface area contributed by atoms with Crippen molar-refractivity contribution in [3.05, 3.63) is 101 Å². The van der Waals surface area contributed by atoms with Gasteiger partial charge in [-0.05, 0) is 65.6 Å². The van der Waals surface area contributed by atoms with E-state index in [1.54, 1.807) is 24.3 Å². The first-order valence-corrected chi connectivity index (χ1v) is 15.1. The van der Waals surface area contributed by atoms with Crippen LogP contribution < -0.4 is 16.4 Å². The van der Waals surface area contributed by atoms with Crippen molar-refractivity contribution in [2.24, 2.45) is 5.73 Å². The maximum atomic E-state index is 13.8. The lowest BCUT2D eigenvalue weighted by atomic mass is 9.86. The van der Waals surface area contributed by atoms with Crippen molar-refractivity contribution in [2.75, 3.05) is 11.9 Å². The third-order valence-corrected chi connectivity index (χ3v) is 8.74. The third kappa shape index (κ3) is 6.86. The molecule has 1 aliphatic heterocycles. The average Bonchev–Trinajstić information content (AvgIpc) is 3.32. The molecular formula is C35H40N4O4. The fraction of sp³-hybridized carbons (Fsp3) is 0.371. The number of carbonyl (C=O) groups excluding carboxylic acids is 4. The molecule has 8 heteroatoms. The Bertz CT molecular complexity index is 1520. The van der Waals surface area contributed by atoms with Gasteiger partial charge in [0.1, 0.15) is 12.1 Å². The first-order chi connectivity index (χ1) is 20.7. The summed E-state index contributed by atoms with van der Waals surface area (Å²) in [4.78, 5) is 54.8. The maximum absolute atomic E-state index is 13.8. The van der Waals surface area contributed by atoms with E-state index in [1.807, 2.05) is 42.5 Å². The van der Waals surface area contributed by atoms with Crippen molar-refractivity contribution in [3.8, 4) is 0 Å². The van der Waals surface area contributed by atoms with E-state index in [0.29, 0.717) is 17.7 Å². The Morgan fingerprint density at radius 1 is 0.930 bits per heavy atom. The highest BCUT2D eigenvalue weighted by atomic mass is 16.2. The van der Waals surface area contributed by atoms with Crippen molar-refractivity contribution in [1.82, 2.24) is 10.2 Å². The third-order valence-electron chi connectivity index (χ3n) is 8.74. The molecule has 0 saturated heterocycles. The minimum absolute atomic E-state index is 0.0124. The summed E-state index contributed by atoms with van der Waals surface area (Å²) in [5, 5.41) is 5.85. The highest BCUT2D eigenvalue weighted by Crippen LogP contribution is 2.39. The summed E-state index contributed by atoms with van der Waals surface area (Å²) in [5.41, 5.74) is 11.7. The maximum Gasteiger partial charge on any atom is 0.246 e. The molecule has 8 nitrogen and oxygen atoms in total. The molecule has 4 N–H and O–H groups in total. The van der Waals surface area contributed by atoms with E-state index >= 15 is 0 Å². The van der Waals surface area contributed by atoms with Crippen molar-refractivity contribution in [3.63, 3.8) is 0 Å². The number of amides is 3. The topological polar surface area (TPSA) is 122 Å². The van der Waals surface area contributed by atoms with E-state index < -0.39 is 18.0 Å². The molecule has 3 amide bonds. The van der Waals surface area contributed by atoms with Gasteiger partial charge in [0.05, 0.1) is 0 Å². The van der Waals surface area contributed by atoms with Gasteiger partial charge in [-0.25, -0.2) is 0 Å². The van der Waals surface area contributed by atoms with Crippen molar-refractivity contribution >= 4 is 29.2 Å². The van der Waals surface area contributed by atoms with E-state index in [4.69, 9.17) is 5.73 Å². The zero-order valence-electron chi connectivity index (χ0n) is 24.9. The first-order valence-electron chi connectivity index (χ1n) is 15.1. The number of aryl methyl sites for hydroxylation is 1. The fourth-order valence-corrected chi connectivity index (χ4v) is 6.20. The fourth-order valence-electron chi connectivity index (χ4n) is 6.20. The molecular weight excluding hydrogens is 540 g/mol. The lowest BCUT2D eigenvalue weighted by molar-refractivity contribution is -0.142. The van der Waals surface area contributed by atoms with Gasteiger partial charge in [0, 0.05) is 37.1 Å². The molecule has 0 spiro atoms. The number of ketones is 1. The van der Waals surface area contributed by atoms with Crippen LogP contribution >= 0.6 is 0 Å². The van der Waals surface area contributed by atoms with Crippen LogP contribution in [-0.4, -0.2) is 47.0 Å². The van der Waals surface area contributed by atoms with E-state index in [-0.39, 0.29) is 55.4 Å². The highest BCUT2D eigenvalue weighted by molar-refractivity contribution is 6.00. The molecule has 3 aromatic rings. The number of hydrogen-bond acceptors (Lipinski definition) is 5. The molecule has 43 heavy (non-hydrogen) atoms. The average molecular weight is 581 g/mol. The Hall–Kier alpha value is -4.30. The van der Waals surface area contributed by atoms with Gasteiger partial charge in [0.15, 0.2) is 5.78 Å². The summed E-state index contributed by atoms with van der Waals surface area (Å²) in [6, 6.07) is 20.9. The predicted octanol–water partition coefficient (Wildman–Crippen LogP) is 4.30. The lowest BCUT2D eigenvalue weighted by Crippen LogP contribution is -2.56. The standard InChI is InChI=1S/C35H40N4O4/c1-35(2)18-16-25-20-27(12-13-28(25)35)37-33(42)29(17-19-36)38-34(43)30-21-24-10-6-7-11-26(24)22-39(30)32(41)15-14-31(40)23-8-4-3-5-9-23/h3-13,20,29-30H,14-19,21-22,36H2,1-2H3,(H,37,42)(H,38,43)/t29-,30-/m0/s1. The molecule has 0 radical (unpaired) electrons.